The van der Waals surface area contributed by atoms with Crippen LogP contribution in [0.3, 0.4) is 0 Å². The van der Waals surface area contributed by atoms with E-state index in [1.807, 2.05) is 36.4 Å². The molecule has 110 valence electrons. The molecule has 2 aromatic carbocycles. The Hall–Kier alpha value is -1.58. The van der Waals surface area contributed by atoms with Crippen molar-refractivity contribution >= 4 is 11.6 Å². The van der Waals surface area contributed by atoms with Crippen molar-refractivity contribution in [1.29, 1.82) is 0 Å². The van der Waals surface area contributed by atoms with Gasteiger partial charge in [0.2, 0.25) is 0 Å². The molecule has 21 heavy (non-hydrogen) atoms. The molecule has 1 N–H and O–H groups in total. The summed E-state index contributed by atoms with van der Waals surface area (Å²) in [6, 6.07) is 13.1. The highest BCUT2D eigenvalue weighted by molar-refractivity contribution is 6.30. The maximum absolute atomic E-state index is 14.4. The van der Waals surface area contributed by atoms with Gasteiger partial charge in [0, 0.05) is 23.5 Å². The Kier molecular flexibility index (Phi) is 3.87. The lowest BCUT2D eigenvalue weighted by Gasteiger charge is -2.43. The molecular weight excluding hydrogens is 289 g/mol. The molecule has 1 fully saturated rings. The molecule has 0 aromatic heterocycles. The van der Waals surface area contributed by atoms with E-state index in [-0.39, 0.29) is 11.2 Å². The lowest BCUT2D eigenvalue weighted by atomic mass is 9.71. The summed E-state index contributed by atoms with van der Waals surface area (Å²) in [6.07, 6.45) is 0.644. The first-order valence-electron chi connectivity index (χ1n) is 6.93. The average molecular weight is 306 g/mol. The minimum atomic E-state index is -0.264. The van der Waals surface area contributed by atoms with Crippen LogP contribution in [-0.4, -0.2) is 20.2 Å². The molecule has 0 unspecified atom stereocenters. The highest BCUT2D eigenvalue weighted by Gasteiger charge is 2.39. The Morgan fingerprint density at radius 1 is 1.19 bits per heavy atom. The van der Waals surface area contributed by atoms with Crippen molar-refractivity contribution < 1.29 is 9.13 Å². The predicted molar refractivity (Wildman–Crippen MR) is 82.7 cm³/mol. The molecule has 1 saturated heterocycles. The summed E-state index contributed by atoms with van der Waals surface area (Å²) in [5, 5.41) is 4.01. The summed E-state index contributed by atoms with van der Waals surface area (Å²) in [4.78, 5) is 0. The molecule has 0 aliphatic carbocycles. The van der Waals surface area contributed by atoms with E-state index in [9.17, 15) is 4.39 Å². The summed E-state index contributed by atoms with van der Waals surface area (Å²) in [6.45, 7) is 1.68. The van der Waals surface area contributed by atoms with Crippen molar-refractivity contribution in [3.63, 3.8) is 0 Å². The van der Waals surface area contributed by atoms with Gasteiger partial charge in [-0.05, 0) is 35.7 Å². The number of ether oxygens (including phenoxy) is 1. The summed E-state index contributed by atoms with van der Waals surface area (Å²) >= 11 is 5.96. The molecular formula is C17H17ClFNO. The predicted octanol–water partition coefficient (Wildman–Crippen LogP) is 3.57. The number of benzene rings is 2. The molecule has 1 aliphatic rings. The largest absolute Gasteiger partial charge is 0.494 e. The van der Waals surface area contributed by atoms with E-state index in [0.29, 0.717) is 22.8 Å². The van der Waals surface area contributed by atoms with E-state index >= 15 is 0 Å². The highest BCUT2D eigenvalue weighted by atomic mass is 35.5. The number of hydrogen-bond donors (Lipinski definition) is 1. The number of rotatable bonds is 4. The molecule has 0 bridgehead atoms. The van der Waals surface area contributed by atoms with Gasteiger partial charge in [-0.2, -0.15) is 0 Å². The Morgan fingerprint density at radius 2 is 1.90 bits per heavy atom. The Morgan fingerprint density at radius 3 is 2.48 bits per heavy atom. The molecule has 2 aromatic rings. The average Bonchev–Trinajstić information content (AvgIpc) is 2.46. The molecule has 0 spiro atoms. The van der Waals surface area contributed by atoms with Crippen LogP contribution in [0.2, 0.25) is 5.02 Å². The molecule has 0 radical (unpaired) electrons. The van der Waals surface area contributed by atoms with Crippen LogP contribution in [0.15, 0.2) is 42.5 Å². The maximum Gasteiger partial charge on any atom is 0.168 e. The number of methoxy groups -OCH3 is 1. The van der Waals surface area contributed by atoms with Gasteiger partial charge in [0.25, 0.3) is 0 Å². The molecule has 3 rings (SSSR count). The molecule has 4 heteroatoms. The van der Waals surface area contributed by atoms with Crippen molar-refractivity contribution in [3.05, 3.63) is 64.4 Å². The van der Waals surface area contributed by atoms with Crippen molar-refractivity contribution in [2.45, 2.75) is 11.8 Å². The van der Waals surface area contributed by atoms with Gasteiger partial charge in [0.15, 0.2) is 11.6 Å². The van der Waals surface area contributed by atoms with Crippen LogP contribution >= 0.6 is 11.6 Å². The van der Waals surface area contributed by atoms with E-state index in [0.717, 1.165) is 13.1 Å². The smallest absolute Gasteiger partial charge is 0.168 e. The minimum absolute atomic E-state index is 0.0716. The lowest BCUT2D eigenvalue weighted by molar-refractivity contribution is 0.270. The van der Waals surface area contributed by atoms with Gasteiger partial charge in [-0.3, -0.25) is 0 Å². The Balaban J connectivity index is 1.93. The van der Waals surface area contributed by atoms with Crippen molar-refractivity contribution in [3.8, 4) is 5.75 Å². The molecule has 0 amide bonds. The second-order valence-electron chi connectivity index (χ2n) is 5.50. The van der Waals surface area contributed by atoms with Gasteiger partial charge in [0.1, 0.15) is 0 Å². The van der Waals surface area contributed by atoms with Gasteiger partial charge >= 0.3 is 0 Å². The third-order valence-electron chi connectivity index (χ3n) is 4.18. The fourth-order valence-electron chi connectivity index (χ4n) is 2.88. The zero-order chi connectivity index (χ0) is 14.9. The minimum Gasteiger partial charge on any atom is -0.494 e. The molecule has 0 atom stereocenters. The summed E-state index contributed by atoms with van der Waals surface area (Å²) < 4.78 is 19.4. The highest BCUT2D eigenvalue weighted by Crippen LogP contribution is 2.35. The van der Waals surface area contributed by atoms with E-state index in [1.165, 1.54) is 12.7 Å². The quantitative estimate of drug-likeness (QED) is 0.932. The summed E-state index contributed by atoms with van der Waals surface area (Å²) in [5.41, 5.74) is 1.80. The first-order valence-corrected chi connectivity index (χ1v) is 7.31. The fourth-order valence-corrected chi connectivity index (χ4v) is 3.00. The third kappa shape index (κ3) is 2.63. The van der Waals surface area contributed by atoms with Crippen LogP contribution in [0, 0.1) is 5.82 Å². The van der Waals surface area contributed by atoms with Crippen LogP contribution < -0.4 is 10.1 Å². The van der Waals surface area contributed by atoms with Gasteiger partial charge < -0.3 is 10.1 Å². The molecule has 2 nitrogen and oxygen atoms in total. The van der Waals surface area contributed by atoms with Crippen LogP contribution in [0.4, 0.5) is 4.39 Å². The van der Waals surface area contributed by atoms with Gasteiger partial charge in [-0.15, -0.1) is 0 Å². The standard InChI is InChI=1S/C17H17ClFNO/c1-21-15-4-2-3-12(16(15)19)9-17(10-20-11-17)13-5-7-14(18)8-6-13/h2-8,20H,9-11H2,1H3. The topological polar surface area (TPSA) is 21.3 Å². The van der Waals surface area contributed by atoms with Gasteiger partial charge in [-0.25, -0.2) is 4.39 Å². The fraction of sp³-hybridized carbons (Fsp3) is 0.294. The van der Waals surface area contributed by atoms with E-state index in [4.69, 9.17) is 16.3 Å². The van der Waals surface area contributed by atoms with E-state index in [2.05, 4.69) is 5.32 Å². The van der Waals surface area contributed by atoms with Crippen LogP contribution in [-0.2, 0) is 11.8 Å². The number of hydrogen-bond acceptors (Lipinski definition) is 2. The number of halogens is 2. The monoisotopic (exact) mass is 305 g/mol. The zero-order valence-corrected chi connectivity index (χ0v) is 12.6. The first kappa shape index (κ1) is 14.4. The van der Waals surface area contributed by atoms with Crippen LogP contribution in [0.1, 0.15) is 11.1 Å². The first-order chi connectivity index (χ1) is 10.1. The summed E-state index contributed by atoms with van der Waals surface area (Å²) in [7, 11) is 1.49. The second kappa shape index (κ2) is 5.66. The van der Waals surface area contributed by atoms with Crippen LogP contribution in [0.25, 0.3) is 0 Å². The zero-order valence-electron chi connectivity index (χ0n) is 11.8. The van der Waals surface area contributed by atoms with E-state index in [1.54, 1.807) is 6.07 Å². The SMILES string of the molecule is COc1cccc(CC2(c3ccc(Cl)cc3)CNC2)c1F. The molecule has 1 heterocycles. The Labute approximate surface area is 128 Å². The van der Waals surface area contributed by atoms with Gasteiger partial charge in [-0.1, -0.05) is 35.9 Å². The Bertz CT molecular complexity index is 638. The lowest BCUT2D eigenvalue weighted by Crippen LogP contribution is -2.58. The normalized spacial score (nSPS) is 16.3. The molecule has 0 saturated carbocycles. The van der Waals surface area contributed by atoms with Crippen molar-refractivity contribution in [2.24, 2.45) is 0 Å². The maximum atomic E-state index is 14.4. The summed E-state index contributed by atoms with van der Waals surface area (Å²) in [5.74, 6) is 0.0336. The van der Waals surface area contributed by atoms with E-state index < -0.39 is 0 Å². The number of nitrogens with one attached hydrogen (secondary N) is 1. The molecule has 1 aliphatic heterocycles. The second-order valence-corrected chi connectivity index (χ2v) is 5.94. The van der Waals surface area contributed by atoms with Crippen molar-refractivity contribution in [2.75, 3.05) is 20.2 Å². The third-order valence-corrected chi connectivity index (χ3v) is 4.43. The van der Waals surface area contributed by atoms with Crippen molar-refractivity contribution in [1.82, 2.24) is 5.32 Å². The van der Waals surface area contributed by atoms with Gasteiger partial charge in [0.05, 0.1) is 7.11 Å². The van der Waals surface area contributed by atoms with Crippen LogP contribution in [0.5, 0.6) is 5.75 Å².